The minimum atomic E-state index is 0.00289. The van der Waals surface area contributed by atoms with E-state index < -0.39 is 0 Å². The number of amides is 1. The molecule has 2 heterocycles. The van der Waals surface area contributed by atoms with Gasteiger partial charge in [-0.15, -0.1) is 0 Å². The van der Waals surface area contributed by atoms with E-state index in [4.69, 9.17) is 0 Å². The van der Waals surface area contributed by atoms with Crippen molar-refractivity contribution in [2.75, 3.05) is 5.32 Å². The third-order valence-electron chi connectivity index (χ3n) is 4.42. The molecule has 0 aliphatic heterocycles. The Kier molecular flexibility index (Phi) is 4.13. The number of hydrogen-bond acceptors (Lipinski definition) is 3. The van der Waals surface area contributed by atoms with Crippen molar-refractivity contribution in [3.8, 4) is 5.82 Å². The molecule has 6 heteroatoms. The molecule has 1 fully saturated rings. The molecule has 1 aliphatic carbocycles. The zero-order valence-electron chi connectivity index (χ0n) is 13.7. The number of rotatable bonds is 4. The largest absolute Gasteiger partial charge is 0.310 e. The van der Waals surface area contributed by atoms with Crippen LogP contribution in [-0.2, 0) is 4.79 Å². The summed E-state index contributed by atoms with van der Waals surface area (Å²) in [5.74, 6) is 1.65. The first-order chi connectivity index (χ1) is 12.1. The molecule has 1 saturated carbocycles. The van der Waals surface area contributed by atoms with Crippen LogP contribution in [0.15, 0.2) is 59.3 Å². The second-order valence-corrected chi connectivity index (χ2v) is 7.23. The lowest BCUT2D eigenvalue weighted by Gasteiger charge is -2.09. The van der Waals surface area contributed by atoms with Crippen molar-refractivity contribution in [3.63, 3.8) is 0 Å². The molecule has 2 atom stereocenters. The number of halogens is 1. The fourth-order valence-electron chi connectivity index (χ4n) is 3.03. The van der Waals surface area contributed by atoms with Crippen LogP contribution in [0.3, 0.4) is 0 Å². The van der Waals surface area contributed by atoms with Crippen molar-refractivity contribution >= 4 is 27.7 Å². The minimum Gasteiger partial charge on any atom is -0.310 e. The zero-order valence-corrected chi connectivity index (χ0v) is 15.3. The molecular formula is C19H17BrN4O. The van der Waals surface area contributed by atoms with Crippen molar-refractivity contribution in [1.82, 2.24) is 14.8 Å². The van der Waals surface area contributed by atoms with E-state index in [9.17, 15) is 4.79 Å². The fourth-order valence-corrected chi connectivity index (χ4v) is 3.44. The molecule has 3 aromatic rings. The highest BCUT2D eigenvalue weighted by Crippen LogP contribution is 2.48. The van der Waals surface area contributed by atoms with Crippen LogP contribution in [0.25, 0.3) is 5.82 Å². The van der Waals surface area contributed by atoms with E-state index in [1.807, 2.05) is 31.2 Å². The van der Waals surface area contributed by atoms with Gasteiger partial charge in [0.1, 0.15) is 5.82 Å². The lowest BCUT2D eigenvalue weighted by atomic mass is 10.1. The van der Waals surface area contributed by atoms with Crippen LogP contribution in [-0.4, -0.2) is 20.7 Å². The third kappa shape index (κ3) is 3.35. The maximum atomic E-state index is 12.6. The molecule has 4 rings (SSSR count). The predicted octanol–water partition coefficient (Wildman–Crippen LogP) is 4.08. The summed E-state index contributed by atoms with van der Waals surface area (Å²) in [5.41, 5.74) is 2.29. The highest BCUT2D eigenvalue weighted by molar-refractivity contribution is 9.10. The van der Waals surface area contributed by atoms with E-state index >= 15 is 0 Å². The number of aromatic nitrogens is 3. The average molecular weight is 397 g/mol. The number of carbonyl (C=O) groups excluding carboxylic acids is 1. The Morgan fingerprint density at radius 1 is 1.24 bits per heavy atom. The molecule has 1 N–H and O–H groups in total. The summed E-state index contributed by atoms with van der Waals surface area (Å²) in [5, 5.41) is 7.28. The first-order valence-electron chi connectivity index (χ1n) is 8.15. The van der Waals surface area contributed by atoms with Gasteiger partial charge >= 0.3 is 0 Å². The van der Waals surface area contributed by atoms with Gasteiger partial charge in [0.05, 0.1) is 6.20 Å². The quantitative estimate of drug-likeness (QED) is 0.722. The molecule has 0 saturated heterocycles. The first kappa shape index (κ1) is 16.0. The van der Waals surface area contributed by atoms with E-state index in [1.54, 1.807) is 23.1 Å². The van der Waals surface area contributed by atoms with E-state index in [0.29, 0.717) is 11.6 Å². The van der Waals surface area contributed by atoms with Crippen LogP contribution in [0.1, 0.15) is 23.5 Å². The van der Waals surface area contributed by atoms with E-state index in [-0.39, 0.29) is 17.7 Å². The van der Waals surface area contributed by atoms with Crippen molar-refractivity contribution in [1.29, 1.82) is 0 Å². The van der Waals surface area contributed by atoms with Gasteiger partial charge in [-0.2, -0.15) is 9.78 Å². The fraction of sp³-hybridized carbons (Fsp3) is 0.211. The molecule has 0 radical (unpaired) electrons. The smallest absolute Gasteiger partial charge is 0.229 e. The Bertz CT molecular complexity index is 936. The maximum absolute atomic E-state index is 12.6. The summed E-state index contributed by atoms with van der Waals surface area (Å²) in [7, 11) is 0. The molecule has 0 spiro atoms. The third-order valence-corrected chi connectivity index (χ3v) is 4.91. The summed E-state index contributed by atoms with van der Waals surface area (Å²) in [6.45, 7) is 2.00. The lowest BCUT2D eigenvalue weighted by Crippen LogP contribution is -2.17. The molecule has 0 unspecified atom stereocenters. The van der Waals surface area contributed by atoms with Crippen LogP contribution in [0.4, 0.5) is 5.82 Å². The molecule has 5 nitrogen and oxygen atoms in total. The standard InChI is InChI=1S/C19H17BrN4O/c1-12-5-7-21-18(9-12)24-17(6-8-22-24)23-19(25)16-11-15(16)13-3-2-4-14(20)10-13/h2-10,15-16H,11H2,1H3,(H,23,25)/t15-,16+/m0/s1. The van der Waals surface area contributed by atoms with E-state index in [0.717, 1.165) is 16.5 Å². The number of nitrogens with zero attached hydrogens (tertiary/aromatic N) is 3. The number of hydrogen-bond donors (Lipinski definition) is 1. The molecule has 25 heavy (non-hydrogen) atoms. The monoisotopic (exact) mass is 396 g/mol. The second kappa shape index (κ2) is 6.44. The SMILES string of the molecule is Cc1ccnc(-n2nccc2NC(=O)[C@@H]2C[C@H]2c2cccc(Br)c2)c1. The number of aryl methyl sites for hydroxylation is 1. The van der Waals surface area contributed by atoms with Crippen LogP contribution in [0.2, 0.25) is 0 Å². The predicted molar refractivity (Wildman–Crippen MR) is 99.7 cm³/mol. The Morgan fingerprint density at radius 2 is 2.12 bits per heavy atom. The Labute approximate surface area is 154 Å². The van der Waals surface area contributed by atoms with Gasteiger partial charge in [-0.25, -0.2) is 4.98 Å². The Balaban J connectivity index is 1.49. The van der Waals surface area contributed by atoms with Gasteiger partial charge in [-0.3, -0.25) is 4.79 Å². The van der Waals surface area contributed by atoms with Crippen LogP contribution < -0.4 is 5.32 Å². The minimum absolute atomic E-state index is 0.00289. The van der Waals surface area contributed by atoms with Gasteiger partial charge in [-0.05, 0) is 54.7 Å². The van der Waals surface area contributed by atoms with Crippen molar-refractivity contribution in [3.05, 3.63) is 70.5 Å². The van der Waals surface area contributed by atoms with Gasteiger partial charge < -0.3 is 5.32 Å². The second-order valence-electron chi connectivity index (χ2n) is 6.31. The van der Waals surface area contributed by atoms with Crippen molar-refractivity contribution in [2.24, 2.45) is 5.92 Å². The van der Waals surface area contributed by atoms with Crippen LogP contribution in [0, 0.1) is 12.8 Å². The van der Waals surface area contributed by atoms with E-state index in [1.165, 1.54) is 5.56 Å². The highest BCUT2D eigenvalue weighted by Gasteiger charge is 2.44. The maximum Gasteiger partial charge on any atom is 0.229 e. The van der Waals surface area contributed by atoms with Crippen molar-refractivity contribution < 1.29 is 4.79 Å². The average Bonchev–Trinajstić information content (AvgIpc) is 3.27. The highest BCUT2D eigenvalue weighted by atomic mass is 79.9. The summed E-state index contributed by atoms with van der Waals surface area (Å²) < 4.78 is 2.70. The Morgan fingerprint density at radius 3 is 2.92 bits per heavy atom. The number of pyridine rings is 1. The summed E-state index contributed by atoms with van der Waals surface area (Å²) in [6.07, 6.45) is 4.28. The molecule has 1 aliphatic rings. The number of nitrogens with one attached hydrogen (secondary N) is 1. The van der Waals surface area contributed by atoms with Gasteiger partial charge in [0.15, 0.2) is 5.82 Å². The molecular weight excluding hydrogens is 380 g/mol. The molecule has 2 aromatic heterocycles. The normalized spacial score (nSPS) is 18.8. The number of anilines is 1. The topological polar surface area (TPSA) is 59.8 Å². The zero-order chi connectivity index (χ0) is 17.4. The summed E-state index contributed by atoms with van der Waals surface area (Å²) in [6, 6.07) is 13.8. The van der Waals surface area contributed by atoms with Gasteiger partial charge in [0.2, 0.25) is 5.91 Å². The van der Waals surface area contributed by atoms with Gasteiger partial charge in [0.25, 0.3) is 0 Å². The van der Waals surface area contributed by atoms with Crippen LogP contribution in [0.5, 0.6) is 0 Å². The van der Waals surface area contributed by atoms with Gasteiger partial charge in [-0.1, -0.05) is 28.1 Å². The first-order valence-corrected chi connectivity index (χ1v) is 8.94. The van der Waals surface area contributed by atoms with Crippen LogP contribution >= 0.6 is 15.9 Å². The molecule has 1 amide bonds. The van der Waals surface area contributed by atoms with Crippen molar-refractivity contribution in [2.45, 2.75) is 19.3 Å². The summed E-state index contributed by atoms with van der Waals surface area (Å²) >= 11 is 3.49. The summed E-state index contributed by atoms with van der Waals surface area (Å²) in [4.78, 5) is 16.9. The lowest BCUT2D eigenvalue weighted by molar-refractivity contribution is -0.117. The Hall–Kier alpha value is -2.47. The number of carbonyl (C=O) groups is 1. The molecule has 126 valence electrons. The number of benzene rings is 1. The van der Waals surface area contributed by atoms with Gasteiger partial charge in [0, 0.05) is 22.7 Å². The molecule has 0 bridgehead atoms. The molecule has 1 aromatic carbocycles. The van der Waals surface area contributed by atoms with E-state index in [2.05, 4.69) is 43.5 Å².